The lowest BCUT2D eigenvalue weighted by atomic mass is 10.0. The Morgan fingerprint density at radius 2 is 0.522 bits per heavy atom. The van der Waals surface area contributed by atoms with Crippen molar-refractivity contribution in [2.75, 3.05) is 13.2 Å². The Morgan fingerprint density at radius 3 is 0.870 bits per heavy atom. The molecule has 0 aromatic carbocycles. The van der Waals surface area contributed by atoms with Crippen LogP contribution < -0.4 is 0 Å². The quantitative estimate of drug-likeness (QED) is 0.0262. The first kappa shape index (κ1) is 66.4. The topological polar surface area (TPSA) is 78.9 Å². The number of carbonyl (C=O) groups excluding carboxylic acids is 3. The fourth-order valence-electron chi connectivity index (χ4n) is 8.74. The lowest BCUT2D eigenvalue weighted by molar-refractivity contribution is -0.167. The van der Waals surface area contributed by atoms with Gasteiger partial charge in [-0.05, 0) is 83.5 Å². The zero-order valence-electron chi connectivity index (χ0n) is 46.1. The van der Waals surface area contributed by atoms with Crippen LogP contribution in [0, 0.1) is 0 Å². The fraction of sp³-hybridized carbons (Fsp3) is 0.825. The first-order valence-electron chi connectivity index (χ1n) is 30.1. The van der Waals surface area contributed by atoms with E-state index in [2.05, 4.69) is 69.4 Å². The molecule has 69 heavy (non-hydrogen) atoms. The van der Waals surface area contributed by atoms with E-state index in [4.69, 9.17) is 14.2 Å². The number of hydrogen-bond donors (Lipinski definition) is 0. The van der Waals surface area contributed by atoms with Gasteiger partial charge in [0.15, 0.2) is 6.10 Å². The smallest absolute Gasteiger partial charge is 0.306 e. The van der Waals surface area contributed by atoms with E-state index >= 15 is 0 Å². The molecule has 0 aliphatic carbocycles. The van der Waals surface area contributed by atoms with Crippen molar-refractivity contribution in [2.45, 2.75) is 322 Å². The highest BCUT2D eigenvalue weighted by atomic mass is 16.6. The van der Waals surface area contributed by atoms with E-state index in [1.807, 2.05) is 0 Å². The molecule has 0 amide bonds. The molecule has 402 valence electrons. The standard InChI is InChI=1S/C63H114O6/c1-4-7-10-13-16-19-22-25-28-30-31-33-35-38-41-44-47-50-53-56-62(65)68-59-60(58-67-61(64)55-52-49-46-43-40-37-34-27-24-21-18-15-12-9-6-3)69-63(66)57-54-51-48-45-42-39-36-32-29-26-23-20-17-14-11-8-5-2/h17,20-21,24,26,29,36,39,60H,4-16,18-19,22-23,25,27-28,30-35,37-38,40-59H2,1-3H3/b20-17+,24-21+,29-26+,39-36+/t60-/m1/s1. The average Bonchev–Trinajstić information content (AvgIpc) is 3.35. The molecule has 6 nitrogen and oxygen atoms in total. The minimum absolute atomic E-state index is 0.0804. The lowest BCUT2D eigenvalue weighted by Crippen LogP contribution is -2.30. The van der Waals surface area contributed by atoms with E-state index in [1.165, 1.54) is 193 Å². The molecule has 0 aliphatic rings. The highest BCUT2D eigenvalue weighted by molar-refractivity contribution is 5.71. The summed E-state index contributed by atoms with van der Waals surface area (Å²) in [5.41, 5.74) is 0. The molecule has 0 N–H and O–H groups in total. The third kappa shape index (κ3) is 56.2. The molecule has 0 bridgehead atoms. The fourth-order valence-corrected chi connectivity index (χ4v) is 8.74. The van der Waals surface area contributed by atoms with Crippen molar-refractivity contribution >= 4 is 17.9 Å². The van der Waals surface area contributed by atoms with Crippen LogP contribution >= 0.6 is 0 Å². The van der Waals surface area contributed by atoms with Crippen LogP contribution in [0.1, 0.15) is 316 Å². The predicted octanol–water partition coefficient (Wildman–Crippen LogP) is 20.2. The first-order chi connectivity index (χ1) is 34.0. The SMILES string of the molecule is CCCCC/C=C/C/C=C/C/C=C/CCCCCCC(=O)O[C@H](COC(=O)CCCCCCCCC/C=C/CCCCCC)COC(=O)CCCCCCCCCCCCCCCCCCCCC. The Labute approximate surface area is 428 Å². The molecule has 1 atom stereocenters. The molecule has 0 fully saturated rings. The van der Waals surface area contributed by atoms with Crippen molar-refractivity contribution in [1.82, 2.24) is 0 Å². The lowest BCUT2D eigenvalue weighted by Gasteiger charge is -2.18. The van der Waals surface area contributed by atoms with E-state index in [9.17, 15) is 14.4 Å². The maximum Gasteiger partial charge on any atom is 0.306 e. The number of carbonyl (C=O) groups is 3. The van der Waals surface area contributed by atoms with Gasteiger partial charge in [0, 0.05) is 19.3 Å². The summed E-state index contributed by atoms with van der Waals surface area (Å²) in [5, 5.41) is 0. The molecule has 0 unspecified atom stereocenters. The van der Waals surface area contributed by atoms with E-state index in [1.54, 1.807) is 0 Å². The van der Waals surface area contributed by atoms with Crippen molar-refractivity contribution in [3.63, 3.8) is 0 Å². The van der Waals surface area contributed by atoms with Gasteiger partial charge in [0.1, 0.15) is 13.2 Å². The number of hydrogen-bond acceptors (Lipinski definition) is 6. The molecule has 0 rings (SSSR count). The second-order valence-corrected chi connectivity index (χ2v) is 20.3. The molecule has 0 saturated heterocycles. The van der Waals surface area contributed by atoms with Crippen molar-refractivity contribution in [3.8, 4) is 0 Å². The molecule has 0 aromatic heterocycles. The Balaban J connectivity index is 4.37. The number of allylic oxidation sites excluding steroid dienone is 8. The van der Waals surface area contributed by atoms with E-state index in [-0.39, 0.29) is 31.1 Å². The van der Waals surface area contributed by atoms with Gasteiger partial charge in [-0.2, -0.15) is 0 Å². The van der Waals surface area contributed by atoms with Gasteiger partial charge < -0.3 is 14.2 Å². The van der Waals surface area contributed by atoms with Gasteiger partial charge in [0.05, 0.1) is 0 Å². The molecule has 0 saturated carbocycles. The second kappa shape index (κ2) is 57.9. The maximum atomic E-state index is 12.9. The Kier molecular flexibility index (Phi) is 55.7. The summed E-state index contributed by atoms with van der Waals surface area (Å²) in [7, 11) is 0. The average molecular weight is 968 g/mol. The van der Waals surface area contributed by atoms with E-state index in [0.717, 1.165) is 83.5 Å². The zero-order valence-corrected chi connectivity index (χ0v) is 46.1. The molecular weight excluding hydrogens is 853 g/mol. The summed E-state index contributed by atoms with van der Waals surface area (Å²) in [4.78, 5) is 38.2. The van der Waals surface area contributed by atoms with Gasteiger partial charge in [-0.1, -0.05) is 262 Å². The summed E-state index contributed by atoms with van der Waals surface area (Å²) < 4.78 is 16.9. The highest BCUT2D eigenvalue weighted by Gasteiger charge is 2.19. The third-order valence-corrected chi connectivity index (χ3v) is 13.3. The van der Waals surface area contributed by atoms with Gasteiger partial charge in [-0.15, -0.1) is 0 Å². The van der Waals surface area contributed by atoms with E-state index in [0.29, 0.717) is 19.3 Å². The van der Waals surface area contributed by atoms with Crippen LogP contribution in [-0.2, 0) is 28.6 Å². The van der Waals surface area contributed by atoms with Crippen LogP contribution in [0.25, 0.3) is 0 Å². The van der Waals surface area contributed by atoms with Crippen LogP contribution in [0.15, 0.2) is 48.6 Å². The van der Waals surface area contributed by atoms with Crippen LogP contribution in [0.4, 0.5) is 0 Å². The molecule has 0 aromatic rings. The monoisotopic (exact) mass is 967 g/mol. The normalized spacial score (nSPS) is 12.3. The van der Waals surface area contributed by atoms with Crippen LogP contribution in [0.2, 0.25) is 0 Å². The third-order valence-electron chi connectivity index (χ3n) is 13.3. The van der Waals surface area contributed by atoms with Crippen molar-refractivity contribution < 1.29 is 28.6 Å². The summed E-state index contributed by atoms with van der Waals surface area (Å²) in [6, 6.07) is 0. The Morgan fingerprint density at radius 1 is 0.290 bits per heavy atom. The number of rotatable bonds is 55. The summed E-state index contributed by atoms with van der Waals surface area (Å²) in [6.45, 7) is 6.62. The van der Waals surface area contributed by atoms with Gasteiger partial charge in [0.25, 0.3) is 0 Å². The van der Waals surface area contributed by atoms with Gasteiger partial charge in [0.2, 0.25) is 0 Å². The van der Waals surface area contributed by atoms with Crippen molar-refractivity contribution in [2.24, 2.45) is 0 Å². The number of ether oxygens (including phenoxy) is 3. The molecule has 0 spiro atoms. The number of esters is 3. The number of unbranched alkanes of at least 4 members (excludes halogenated alkanes) is 36. The Bertz CT molecular complexity index is 1200. The second-order valence-electron chi connectivity index (χ2n) is 20.3. The maximum absolute atomic E-state index is 12.9. The van der Waals surface area contributed by atoms with Crippen LogP contribution in [0.5, 0.6) is 0 Å². The van der Waals surface area contributed by atoms with Crippen LogP contribution in [-0.4, -0.2) is 37.2 Å². The minimum Gasteiger partial charge on any atom is -0.462 e. The molecule has 0 aliphatic heterocycles. The van der Waals surface area contributed by atoms with Gasteiger partial charge in [-0.3, -0.25) is 14.4 Å². The largest absolute Gasteiger partial charge is 0.462 e. The summed E-state index contributed by atoms with van der Waals surface area (Å²) >= 11 is 0. The molecule has 0 heterocycles. The van der Waals surface area contributed by atoms with Gasteiger partial charge >= 0.3 is 17.9 Å². The van der Waals surface area contributed by atoms with Crippen LogP contribution in [0.3, 0.4) is 0 Å². The predicted molar refractivity (Wildman–Crippen MR) is 298 cm³/mol. The molecular formula is C63H114O6. The van der Waals surface area contributed by atoms with Crippen molar-refractivity contribution in [1.29, 1.82) is 0 Å². The summed E-state index contributed by atoms with van der Waals surface area (Å²) in [6.07, 6.45) is 71.0. The zero-order chi connectivity index (χ0) is 50.0. The first-order valence-corrected chi connectivity index (χ1v) is 30.1. The molecule has 6 heteroatoms. The summed E-state index contributed by atoms with van der Waals surface area (Å²) in [5.74, 6) is -0.890. The highest BCUT2D eigenvalue weighted by Crippen LogP contribution is 2.17. The van der Waals surface area contributed by atoms with Crippen molar-refractivity contribution in [3.05, 3.63) is 48.6 Å². The van der Waals surface area contributed by atoms with E-state index < -0.39 is 6.10 Å². The minimum atomic E-state index is -0.785. The van der Waals surface area contributed by atoms with Gasteiger partial charge in [-0.25, -0.2) is 0 Å². The molecule has 0 radical (unpaired) electrons. The Hall–Kier alpha value is -2.63.